The van der Waals surface area contributed by atoms with Crippen molar-refractivity contribution < 1.29 is 24.5 Å². The number of amides is 1. The maximum Gasteiger partial charge on any atom is 0.305 e. The molecule has 2 unspecified atom stereocenters. The lowest BCUT2D eigenvalue weighted by atomic mass is 10.0. The van der Waals surface area contributed by atoms with Crippen molar-refractivity contribution >= 4 is 11.9 Å². The molecule has 2 atom stereocenters. The smallest absolute Gasteiger partial charge is 0.305 e. The van der Waals surface area contributed by atoms with Crippen molar-refractivity contribution in [2.75, 3.05) is 13.2 Å². The topological polar surface area (TPSA) is 95.9 Å². The minimum atomic E-state index is -0.849. The van der Waals surface area contributed by atoms with Crippen LogP contribution < -0.4 is 5.32 Å². The summed E-state index contributed by atoms with van der Waals surface area (Å²) < 4.78 is 5.49. The number of nitrogens with one attached hydrogen (secondary N) is 1. The average molecular weight is 1140 g/mol. The van der Waals surface area contributed by atoms with Crippen LogP contribution in [0.5, 0.6) is 0 Å². The Kier molecular flexibility index (Phi) is 68.4. The monoisotopic (exact) mass is 1140 g/mol. The van der Waals surface area contributed by atoms with Crippen LogP contribution in [0, 0.1) is 0 Å². The second-order valence-electron chi connectivity index (χ2n) is 24.9. The second kappa shape index (κ2) is 70.3. The molecule has 0 radical (unpaired) electrons. The molecule has 0 aromatic heterocycles. The van der Waals surface area contributed by atoms with Gasteiger partial charge in [-0.3, -0.25) is 9.59 Å². The molecule has 1 amide bonds. The number of carbonyl (C=O) groups excluding carboxylic acids is 2. The molecule has 0 bridgehead atoms. The lowest BCUT2D eigenvalue weighted by Gasteiger charge is -2.20. The lowest BCUT2D eigenvalue weighted by molar-refractivity contribution is -0.143. The number of aliphatic hydroxyl groups is 2. The Hall–Kier alpha value is -2.18. The SMILES string of the molecule is CCCCCCCCC/C=C\CCCCCCCC(=O)OCCCCCCCCCCC/C=C\C/C=C\CCCCCCCCCCCCCC(=O)NC(CO)C(O)/C=C/CCCCCCCCCCCCCCCCCCCCC. The second-order valence-corrected chi connectivity index (χ2v) is 24.9. The van der Waals surface area contributed by atoms with E-state index < -0.39 is 12.1 Å². The molecular formula is C75H141NO5. The Bertz CT molecular complexity index is 1360. The first kappa shape index (κ1) is 78.8. The van der Waals surface area contributed by atoms with E-state index in [2.05, 4.69) is 55.6 Å². The summed E-state index contributed by atoms with van der Waals surface area (Å²) in [5.74, 6) is -0.0648. The number of rotatable bonds is 68. The van der Waals surface area contributed by atoms with Gasteiger partial charge in [-0.15, -0.1) is 0 Å². The highest BCUT2D eigenvalue weighted by atomic mass is 16.5. The quantitative estimate of drug-likeness (QED) is 0.0320. The standard InChI is InChI=1S/C75H141NO5/c1-3-5-7-9-11-13-15-17-19-21-22-30-33-36-39-43-47-51-55-59-63-67-73(78)72(71-77)76-74(79)68-64-60-56-52-48-44-40-37-34-31-28-26-24-23-25-27-29-32-35-38-42-46-50-54-58-62-66-70-81-75(80)69-65-61-57-53-49-45-41-20-18-16-14-12-10-8-6-4-2/h20,23-24,27,29,41,63,67,72-73,77-78H,3-19,21-22,25-26,28,30-40,42-62,64-66,68-71H2,1-2H3,(H,76,79)/b24-23-,29-27-,41-20-,67-63+. The zero-order chi connectivity index (χ0) is 58.5. The van der Waals surface area contributed by atoms with Crippen LogP contribution in [0.3, 0.4) is 0 Å². The highest BCUT2D eigenvalue weighted by molar-refractivity contribution is 5.76. The molecule has 0 spiro atoms. The van der Waals surface area contributed by atoms with Crippen LogP contribution in [-0.4, -0.2) is 47.4 Å². The van der Waals surface area contributed by atoms with E-state index in [-0.39, 0.29) is 18.5 Å². The normalized spacial score (nSPS) is 12.8. The third-order valence-corrected chi connectivity index (χ3v) is 16.8. The molecule has 0 aromatic carbocycles. The van der Waals surface area contributed by atoms with Crippen molar-refractivity contribution in [1.82, 2.24) is 5.32 Å². The van der Waals surface area contributed by atoms with Crippen LogP contribution in [-0.2, 0) is 14.3 Å². The van der Waals surface area contributed by atoms with Crippen molar-refractivity contribution in [3.05, 3.63) is 48.6 Å². The third kappa shape index (κ3) is 66.8. The Labute approximate surface area is 506 Å². The summed E-state index contributed by atoms with van der Waals surface area (Å²) in [6.45, 7) is 4.93. The Morgan fingerprint density at radius 3 is 0.951 bits per heavy atom. The number of hydrogen-bond acceptors (Lipinski definition) is 5. The number of allylic oxidation sites excluding steroid dienone is 7. The summed E-state index contributed by atoms with van der Waals surface area (Å²) in [6.07, 6.45) is 91.9. The summed E-state index contributed by atoms with van der Waals surface area (Å²) >= 11 is 0. The van der Waals surface area contributed by atoms with Gasteiger partial charge in [0, 0.05) is 12.8 Å². The predicted octanol–water partition coefficient (Wildman–Crippen LogP) is 23.6. The van der Waals surface area contributed by atoms with E-state index in [4.69, 9.17) is 4.74 Å². The molecule has 0 saturated heterocycles. The molecular weight excluding hydrogens is 995 g/mol. The highest BCUT2D eigenvalue weighted by Crippen LogP contribution is 2.18. The average Bonchev–Trinajstić information content (AvgIpc) is 3.47. The minimum Gasteiger partial charge on any atom is -0.466 e. The van der Waals surface area contributed by atoms with E-state index in [1.54, 1.807) is 6.08 Å². The molecule has 0 heterocycles. The zero-order valence-electron chi connectivity index (χ0n) is 54.5. The van der Waals surface area contributed by atoms with Gasteiger partial charge in [-0.05, 0) is 89.9 Å². The van der Waals surface area contributed by atoms with Gasteiger partial charge >= 0.3 is 5.97 Å². The fourth-order valence-electron chi connectivity index (χ4n) is 11.3. The first-order valence-electron chi connectivity index (χ1n) is 36.4. The van der Waals surface area contributed by atoms with Gasteiger partial charge in [-0.25, -0.2) is 0 Å². The van der Waals surface area contributed by atoms with E-state index in [0.29, 0.717) is 19.4 Å². The van der Waals surface area contributed by atoms with Gasteiger partial charge in [0.25, 0.3) is 0 Å². The fourth-order valence-corrected chi connectivity index (χ4v) is 11.3. The Morgan fingerprint density at radius 2 is 0.617 bits per heavy atom. The number of hydrogen-bond donors (Lipinski definition) is 3. The van der Waals surface area contributed by atoms with Crippen LogP contribution in [0.15, 0.2) is 48.6 Å². The van der Waals surface area contributed by atoms with Crippen LogP contribution in [0.2, 0.25) is 0 Å². The molecule has 0 aromatic rings. The number of unbranched alkanes of at least 4 members (excludes halogenated alkanes) is 51. The summed E-state index contributed by atoms with van der Waals surface area (Å²) in [5, 5.41) is 23.3. The van der Waals surface area contributed by atoms with Gasteiger partial charge in [-0.1, -0.05) is 339 Å². The molecule has 6 heteroatoms. The third-order valence-electron chi connectivity index (χ3n) is 16.8. The maximum absolute atomic E-state index is 12.5. The van der Waals surface area contributed by atoms with Crippen molar-refractivity contribution in [2.45, 2.75) is 405 Å². The highest BCUT2D eigenvalue weighted by Gasteiger charge is 2.18. The van der Waals surface area contributed by atoms with Crippen LogP contribution in [0.25, 0.3) is 0 Å². The van der Waals surface area contributed by atoms with Gasteiger partial charge in [-0.2, -0.15) is 0 Å². The molecule has 0 saturated carbocycles. The molecule has 476 valence electrons. The molecule has 0 fully saturated rings. The number of aliphatic hydroxyl groups excluding tert-OH is 2. The van der Waals surface area contributed by atoms with Gasteiger partial charge in [0.05, 0.1) is 25.4 Å². The summed E-state index contributed by atoms with van der Waals surface area (Å²) in [7, 11) is 0. The van der Waals surface area contributed by atoms with Crippen molar-refractivity contribution in [3.8, 4) is 0 Å². The van der Waals surface area contributed by atoms with Crippen LogP contribution in [0.4, 0.5) is 0 Å². The summed E-state index contributed by atoms with van der Waals surface area (Å²) in [4.78, 5) is 24.6. The number of ether oxygens (including phenoxy) is 1. The molecule has 6 nitrogen and oxygen atoms in total. The summed E-state index contributed by atoms with van der Waals surface area (Å²) in [6, 6.07) is -0.632. The minimum absolute atomic E-state index is 0.00316. The van der Waals surface area contributed by atoms with Crippen LogP contribution >= 0.6 is 0 Å². The van der Waals surface area contributed by atoms with Gasteiger partial charge in [0.1, 0.15) is 0 Å². The zero-order valence-corrected chi connectivity index (χ0v) is 54.5. The van der Waals surface area contributed by atoms with E-state index >= 15 is 0 Å². The molecule has 0 aliphatic carbocycles. The van der Waals surface area contributed by atoms with E-state index in [1.807, 2.05) is 6.08 Å². The molecule has 0 rings (SSSR count). The lowest BCUT2D eigenvalue weighted by Crippen LogP contribution is -2.45. The van der Waals surface area contributed by atoms with E-state index in [1.165, 1.54) is 315 Å². The first-order chi connectivity index (χ1) is 40.0. The van der Waals surface area contributed by atoms with Gasteiger partial charge < -0.3 is 20.3 Å². The predicted molar refractivity (Wildman–Crippen MR) is 356 cm³/mol. The molecule has 81 heavy (non-hydrogen) atoms. The van der Waals surface area contributed by atoms with E-state index in [9.17, 15) is 19.8 Å². The summed E-state index contributed by atoms with van der Waals surface area (Å²) in [5.41, 5.74) is 0. The van der Waals surface area contributed by atoms with Crippen molar-refractivity contribution in [3.63, 3.8) is 0 Å². The van der Waals surface area contributed by atoms with Gasteiger partial charge in [0.15, 0.2) is 0 Å². The molecule has 0 aliphatic heterocycles. The van der Waals surface area contributed by atoms with Crippen LogP contribution in [0.1, 0.15) is 393 Å². The van der Waals surface area contributed by atoms with Gasteiger partial charge in [0.2, 0.25) is 5.91 Å². The largest absolute Gasteiger partial charge is 0.466 e. The maximum atomic E-state index is 12.5. The number of esters is 1. The Balaban J connectivity index is 3.44. The molecule has 3 N–H and O–H groups in total. The molecule has 0 aliphatic rings. The fraction of sp³-hybridized carbons (Fsp3) is 0.867. The van der Waals surface area contributed by atoms with E-state index in [0.717, 1.165) is 51.4 Å². The van der Waals surface area contributed by atoms with Crippen molar-refractivity contribution in [2.24, 2.45) is 0 Å². The van der Waals surface area contributed by atoms with Crippen molar-refractivity contribution in [1.29, 1.82) is 0 Å². The number of carbonyl (C=O) groups is 2. The Morgan fingerprint density at radius 1 is 0.346 bits per heavy atom. The first-order valence-corrected chi connectivity index (χ1v) is 36.4.